The normalized spacial score (nSPS) is 10.8. The number of carbonyl (C=O) groups excluding carboxylic acids is 1. The molecule has 0 aliphatic heterocycles. The number of pyridine rings is 1. The molecule has 0 amide bonds. The maximum Gasteiger partial charge on any atom is 0.341 e. The monoisotopic (exact) mass is 257 g/mol. The van der Waals surface area contributed by atoms with Gasteiger partial charge in [0.2, 0.25) is 0 Å². The Morgan fingerprint density at radius 1 is 1.47 bits per heavy atom. The molecule has 6 nitrogen and oxygen atoms in total. The molecule has 19 heavy (non-hydrogen) atoms. The third kappa shape index (κ3) is 1.87. The third-order valence-electron chi connectivity index (χ3n) is 2.81. The van der Waals surface area contributed by atoms with Crippen LogP contribution in [-0.4, -0.2) is 27.8 Å². The number of nitrogens with zero attached hydrogens (tertiary/aromatic N) is 3. The minimum Gasteiger partial charge on any atom is -0.465 e. The van der Waals surface area contributed by atoms with Crippen molar-refractivity contribution >= 4 is 17.1 Å². The number of aromatic nitrogens is 3. The van der Waals surface area contributed by atoms with Gasteiger partial charge in [0, 0.05) is 25.5 Å². The Hall–Kier alpha value is -2.63. The Morgan fingerprint density at radius 2 is 2.32 bits per heavy atom. The van der Waals surface area contributed by atoms with E-state index in [9.17, 15) is 4.79 Å². The summed E-state index contributed by atoms with van der Waals surface area (Å²) in [5.41, 5.74) is 2.23. The maximum atomic E-state index is 11.7. The average molecular weight is 257 g/mol. The molecule has 0 unspecified atom stereocenters. The van der Waals surface area contributed by atoms with Crippen LogP contribution in [0.5, 0.6) is 0 Å². The zero-order chi connectivity index (χ0) is 13.4. The number of furan rings is 1. The number of methoxy groups -OCH3 is 1. The first-order valence-electron chi connectivity index (χ1n) is 5.65. The second-order valence-corrected chi connectivity index (χ2v) is 4.08. The van der Waals surface area contributed by atoms with Gasteiger partial charge in [-0.15, -0.1) is 0 Å². The van der Waals surface area contributed by atoms with Crippen molar-refractivity contribution in [2.45, 2.75) is 0 Å². The number of fused-ring (bicyclic) bond motifs is 1. The average Bonchev–Trinajstić information content (AvgIpc) is 3.02. The van der Waals surface area contributed by atoms with Crippen LogP contribution in [0.2, 0.25) is 0 Å². The molecule has 96 valence electrons. The lowest BCUT2D eigenvalue weighted by Crippen LogP contribution is -2.01. The van der Waals surface area contributed by atoms with E-state index in [1.165, 1.54) is 7.11 Å². The van der Waals surface area contributed by atoms with Crippen molar-refractivity contribution in [3.63, 3.8) is 0 Å². The molecular formula is C13H11N3O3. The number of rotatable bonds is 2. The van der Waals surface area contributed by atoms with Gasteiger partial charge in [0.1, 0.15) is 16.8 Å². The fourth-order valence-electron chi connectivity index (χ4n) is 1.90. The van der Waals surface area contributed by atoms with Gasteiger partial charge in [-0.25, -0.2) is 4.79 Å². The lowest BCUT2D eigenvalue weighted by molar-refractivity contribution is 0.0601. The summed E-state index contributed by atoms with van der Waals surface area (Å²) in [5.74, 6) is 0.173. The maximum absolute atomic E-state index is 11.7. The lowest BCUT2D eigenvalue weighted by Gasteiger charge is -1.98. The number of hydrogen-bond donors (Lipinski definition) is 0. The Labute approximate surface area is 108 Å². The molecule has 0 aliphatic rings. The van der Waals surface area contributed by atoms with Crippen molar-refractivity contribution in [1.82, 2.24) is 14.8 Å². The molecule has 0 aliphatic carbocycles. The van der Waals surface area contributed by atoms with Gasteiger partial charge in [-0.3, -0.25) is 9.67 Å². The molecule has 0 saturated heterocycles. The molecule has 0 bridgehead atoms. The summed E-state index contributed by atoms with van der Waals surface area (Å²) in [6, 6.07) is 3.35. The van der Waals surface area contributed by atoms with Gasteiger partial charge in [-0.05, 0) is 6.07 Å². The number of carbonyl (C=O) groups is 1. The summed E-state index contributed by atoms with van der Waals surface area (Å²) in [7, 11) is 3.16. The van der Waals surface area contributed by atoms with E-state index < -0.39 is 5.97 Å². The molecule has 0 radical (unpaired) electrons. The number of hydrogen-bond acceptors (Lipinski definition) is 5. The van der Waals surface area contributed by atoms with Crippen LogP contribution >= 0.6 is 0 Å². The fraction of sp³-hybridized carbons (Fsp3) is 0.154. The van der Waals surface area contributed by atoms with Gasteiger partial charge < -0.3 is 9.15 Å². The number of esters is 1. The van der Waals surface area contributed by atoms with E-state index in [1.807, 2.05) is 13.2 Å². The molecule has 0 aromatic carbocycles. The minimum absolute atomic E-state index is 0.364. The number of ether oxygens (including phenoxy) is 1. The van der Waals surface area contributed by atoms with Crippen molar-refractivity contribution in [2.24, 2.45) is 7.05 Å². The SMILES string of the molecule is COC(=O)c1ccnc2cc(-c3cnn(C)c3)oc12. The Bertz CT molecular complexity index is 757. The minimum atomic E-state index is -0.445. The second-order valence-electron chi connectivity index (χ2n) is 4.08. The van der Waals surface area contributed by atoms with E-state index in [1.54, 1.807) is 29.2 Å². The molecule has 0 atom stereocenters. The Balaban J connectivity index is 2.18. The number of aryl methyl sites for hydroxylation is 1. The third-order valence-corrected chi connectivity index (χ3v) is 2.81. The summed E-state index contributed by atoms with van der Waals surface area (Å²) in [6.45, 7) is 0. The van der Waals surface area contributed by atoms with Crippen molar-refractivity contribution in [3.8, 4) is 11.3 Å². The molecule has 3 rings (SSSR count). The van der Waals surface area contributed by atoms with Gasteiger partial charge in [-0.1, -0.05) is 0 Å². The molecule has 0 fully saturated rings. The molecule has 0 spiro atoms. The molecule has 3 aromatic heterocycles. The zero-order valence-electron chi connectivity index (χ0n) is 10.5. The Morgan fingerprint density at radius 3 is 3.00 bits per heavy atom. The van der Waals surface area contributed by atoms with E-state index in [0.717, 1.165) is 5.56 Å². The lowest BCUT2D eigenvalue weighted by atomic mass is 10.2. The first-order valence-corrected chi connectivity index (χ1v) is 5.65. The van der Waals surface area contributed by atoms with Crippen LogP contribution in [0.25, 0.3) is 22.4 Å². The van der Waals surface area contributed by atoms with Gasteiger partial charge >= 0.3 is 5.97 Å². The van der Waals surface area contributed by atoms with E-state index in [-0.39, 0.29) is 0 Å². The highest BCUT2D eigenvalue weighted by Crippen LogP contribution is 2.28. The molecule has 0 N–H and O–H groups in total. The Kier molecular flexibility index (Phi) is 2.56. The van der Waals surface area contributed by atoms with E-state index >= 15 is 0 Å². The summed E-state index contributed by atoms with van der Waals surface area (Å²) < 4.78 is 12.1. The molecule has 0 saturated carbocycles. The predicted molar refractivity (Wildman–Crippen MR) is 67.6 cm³/mol. The fourth-order valence-corrected chi connectivity index (χ4v) is 1.90. The molecular weight excluding hydrogens is 246 g/mol. The van der Waals surface area contributed by atoms with Crippen LogP contribution in [0.15, 0.2) is 35.1 Å². The first kappa shape index (κ1) is 11.5. The highest BCUT2D eigenvalue weighted by atomic mass is 16.5. The summed E-state index contributed by atoms with van der Waals surface area (Å²) in [6.07, 6.45) is 5.07. The van der Waals surface area contributed by atoms with E-state index in [0.29, 0.717) is 22.4 Å². The van der Waals surface area contributed by atoms with E-state index in [2.05, 4.69) is 10.1 Å². The van der Waals surface area contributed by atoms with Crippen LogP contribution in [-0.2, 0) is 11.8 Å². The smallest absolute Gasteiger partial charge is 0.341 e. The first-order chi connectivity index (χ1) is 9.19. The van der Waals surface area contributed by atoms with Crippen molar-refractivity contribution in [3.05, 3.63) is 36.3 Å². The quantitative estimate of drug-likeness (QED) is 0.657. The van der Waals surface area contributed by atoms with Crippen molar-refractivity contribution in [2.75, 3.05) is 7.11 Å². The van der Waals surface area contributed by atoms with Gasteiger partial charge in [0.15, 0.2) is 5.58 Å². The van der Waals surface area contributed by atoms with Crippen LogP contribution in [0, 0.1) is 0 Å². The zero-order valence-corrected chi connectivity index (χ0v) is 10.5. The van der Waals surface area contributed by atoms with Crippen LogP contribution in [0.1, 0.15) is 10.4 Å². The van der Waals surface area contributed by atoms with Crippen molar-refractivity contribution in [1.29, 1.82) is 0 Å². The van der Waals surface area contributed by atoms with Gasteiger partial charge in [-0.2, -0.15) is 5.10 Å². The predicted octanol–water partition coefficient (Wildman–Crippen LogP) is 2.01. The van der Waals surface area contributed by atoms with E-state index in [4.69, 9.17) is 9.15 Å². The second kappa shape index (κ2) is 4.24. The van der Waals surface area contributed by atoms with Crippen LogP contribution in [0.4, 0.5) is 0 Å². The van der Waals surface area contributed by atoms with Crippen molar-refractivity contribution < 1.29 is 13.9 Å². The molecule has 3 aromatic rings. The molecule has 6 heteroatoms. The molecule has 3 heterocycles. The van der Waals surface area contributed by atoms with Gasteiger partial charge in [0.25, 0.3) is 0 Å². The van der Waals surface area contributed by atoms with Crippen LogP contribution < -0.4 is 0 Å². The van der Waals surface area contributed by atoms with Gasteiger partial charge in [0.05, 0.1) is 18.9 Å². The summed E-state index contributed by atoms with van der Waals surface area (Å²) in [5, 5.41) is 4.08. The summed E-state index contributed by atoms with van der Waals surface area (Å²) in [4.78, 5) is 15.8. The topological polar surface area (TPSA) is 70.2 Å². The largest absolute Gasteiger partial charge is 0.465 e. The highest BCUT2D eigenvalue weighted by molar-refractivity contribution is 6.01. The summed E-state index contributed by atoms with van der Waals surface area (Å²) >= 11 is 0. The van der Waals surface area contributed by atoms with Crippen LogP contribution in [0.3, 0.4) is 0 Å². The highest BCUT2D eigenvalue weighted by Gasteiger charge is 2.16. The standard InChI is InChI=1S/C13H11N3O3/c1-16-7-8(6-15-16)11-5-10-12(19-11)9(3-4-14-10)13(17)18-2/h3-7H,1-2H3.